The van der Waals surface area contributed by atoms with E-state index >= 15 is 0 Å². The molecule has 2 aliphatic heterocycles. The fraction of sp³-hybridized carbons (Fsp3) is 0.941. The number of phosphoric ester groups is 1. The fourth-order valence-corrected chi connectivity index (χ4v) is 6.73. The molecule has 0 aromatic carbocycles. The van der Waals surface area contributed by atoms with Crippen LogP contribution in [0.5, 0.6) is 0 Å². The molecular formula is C17H29N2O8P. The molecule has 6 N–H and O–H groups in total. The zero-order valence-electron chi connectivity index (χ0n) is 16.0. The van der Waals surface area contributed by atoms with E-state index in [4.69, 9.17) is 20.3 Å². The van der Waals surface area contributed by atoms with E-state index in [0.29, 0.717) is 19.0 Å². The Balaban J connectivity index is 1.53. The van der Waals surface area contributed by atoms with Crippen LogP contribution in [0.1, 0.15) is 26.7 Å². The highest BCUT2D eigenvalue weighted by Crippen LogP contribution is 2.88. The Morgan fingerprint density at radius 1 is 1.36 bits per heavy atom. The van der Waals surface area contributed by atoms with Gasteiger partial charge < -0.3 is 30.5 Å². The zero-order valence-corrected chi connectivity index (χ0v) is 16.9. The minimum absolute atomic E-state index is 0.0375. The average molecular weight is 420 g/mol. The minimum atomic E-state index is -4.72. The second kappa shape index (κ2) is 6.46. The van der Waals surface area contributed by atoms with Gasteiger partial charge in [-0.2, -0.15) is 0 Å². The fourth-order valence-electron chi connectivity index (χ4n) is 6.39. The second-order valence-electron chi connectivity index (χ2n) is 8.94. The molecule has 28 heavy (non-hydrogen) atoms. The Morgan fingerprint density at radius 3 is 2.61 bits per heavy atom. The topological polar surface area (TPSA) is 163 Å². The number of carbonyl (C=O) groups is 1. The van der Waals surface area contributed by atoms with Crippen molar-refractivity contribution in [3.05, 3.63) is 0 Å². The van der Waals surface area contributed by atoms with Gasteiger partial charge >= 0.3 is 7.82 Å². The molecule has 1 spiro atoms. The van der Waals surface area contributed by atoms with Gasteiger partial charge in [-0.15, -0.1) is 0 Å². The van der Waals surface area contributed by atoms with E-state index in [1.54, 1.807) is 0 Å². The maximum Gasteiger partial charge on any atom is 0.469 e. The van der Waals surface area contributed by atoms with Crippen LogP contribution in [0.4, 0.5) is 0 Å². The van der Waals surface area contributed by atoms with Crippen molar-refractivity contribution in [1.29, 1.82) is 0 Å². The molecule has 4 rings (SSSR count). The lowest BCUT2D eigenvalue weighted by molar-refractivity contribution is -0.129. The first-order chi connectivity index (χ1) is 13.0. The standard InChI is InChI=1S/C17H29N2O8P/c1-3-16-6-17(16)8(2)11(17)9(14(18)22)4-19(7-16)15-13(21)12(20)10(27-15)5-26-28(23,24)25/h8-13,15,20-21H,3-7H2,1-2H3,(H2,18,22)(H2,23,24,25)/t8-,9?,10+,11+,12+,13+,15?,16+,17?/m0/s1. The lowest BCUT2D eigenvalue weighted by Crippen LogP contribution is -2.49. The summed E-state index contributed by atoms with van der Waals surface area (Å²) in [7, 11) is -4.72. The van der Waals surface area contributed by atoms with Crippen LogP contribution in [0.25, 0.3) is 0 Å². The Hall–Kier alpha value is -0.580. The van der Waals surface area contributed by atoms with Crippen LogP contribution < -0.4 is 5.73 Å². The first-order valence-corrected chi connectivity index (χ1v) is 11.3. The van der Waals surface area contributed by atoms with Crippen LogP contribution in [-0.2, 0) is 18.6 Å². The Morgan fingerprint density at radius 2 is 2.04 bits per heavy atom. The van der Waals surface area contributed by atoms with E-state index < -0.39 is 39.0 Å². The molecule has 1 amide bonds. The number of ether oxygens (including phenoxy) is 1. The zero-order chi connectivity index (χ0) is 20.6. The summed E-state index contributed by atoms with van der Waals surface area (Å²) in [5, 5.41) is 20.8. The Bertz CT molecular complexity index is 717. The number of nitrogens with two attached hydrogens (primary N) is 1. The molecule has 160 valence electrons. The van der Waals surface area contributed by atoms with Crippen molar-refractivity contribution in [3.63, 3.8) is 0 Å². The van der Waals surface area contributed by atoms with Crippen molar-refractivity contribution in [3.8, 4) is 0 Å². The summed E-state index contributed by atoms with van der Waals surface area (Å²) in [5.41, 5.74) is 5.86. The highest BCUT2D eigenvalue weighted by molar-refractivity contribution is 7.46. The maximum atomic E-state index is 12.2. The normalized spacial score (nSPS) is 50.6. The van der Waals surface area contributed by atoms with Crippen LogP contribution in [-0.4, -0.2) is 75.0 Å². The summed E-state index contributed by atoms with van der Waals surface area (Å²) in [6, 6.07) is 0. The van der Waals surface area contributed by atoms with Gasteiger partial charge in [0, 0.05) is 13.1 Å². The van der Waals surface area contributed by atoms with Crippen molar-refractivity contribution in [2.75, 3.05) is 19.7 Å². The summed E-state index contributed by atoms with van der Waals surface area (Å²) < 4.78 is 21.1. The number of likely N-dealkylation sites (tertiary alicyclic amines) is 1. The number of aliphatic hydroxyl groups excluding tert-OH is 2. The average Bonchev–Trinajstić information content (AvgIpc) is 3.39. The van der Waals surface area contributed by atoms with Crippen molar-refractivity contribution in [2.45, 2.75) is 51.2 Å². The van der Waals surface area contributed by atoms with E-state index in [-0.39, 0.29) is 28.6 Å². The lowest BCUT2D eigenvalue weighted by atomic mass is 9.96. The molecule has 0 aromatic rings. The summed E-state index contributed by atoms with van der Waals surface area (Å²) >= 11 is 0. The van der Waals surface area contributed by atoms with Crippen LogP contribution in [0.3, 0.4) is 0 Å². The summed E-state index contributed by atoms with van der Waals surface area (Å²) in [4.78, 5) is 31.8. The van der Waals surface area contributed by atoms with Gasteiger partial charge in [0.15, 0.2) is 0 Å². The molecule has 4 fully saturated rings. The molecule has 9 atom stereocenters. The van der Waals surface area contributed by atoms with Crippen LogP contribution in [0.2, 0.25) is 0 Å². The van der Waals surface area contributed by atoms with E-state index in [9.17, 15) is 19.6 Å². The molecular weight excluding hydrogens is 391 g/mol. The third kappa shape index (κ3) is 2.89. The summed E-state index contributed by atoms with van der Waals surface area (Å²) in [5.74, 6) is -0.0556. The molecule has 10 nitrogen and oxygen atoms in total. The highest BCUT2D eigenvalue weighted by atomic mass is 31.2. The largest absolute Gasteiger partial charge is 0.469 e. The van der Waals surface area contributed by atoms with E-state index in [0.717, 1.165) is 12.8 Å². The van der Waals surface area contributed by atoms with Gasteiger partial charge in [0.05, 0.1) is 12.5 Å². The molecule has 2 saturated heterocycles. The predicted octanol–water partition coefficient (Wildman–Crippen LogP) is -0.988. The summed E-state index contributed by atoms with van der Waals surface area (Å²) in [6.07, 6.45) is -2.66. The Kier molecular flexibility index (Phi) is 4.77. The smallest absolute Gasteiger partial charge is 0.387 e. The monoisotopic (exact) mass is 420 g/mol. The molecule has 11 heteroatoms. The second-order valence-corrected chi connectivity index (χ2v) is 10.2. The van der Waals surface area contributed by atoms with Crippen LogP contribution >= 0.6 is 7.82 Å². The predicted molar refractivity (Wildman–Crippen MR) is 95.4 cm³/mol. The maximum absolute atomic E-state index is 12.2. The molecule has 0 bridgehead atoms. The Labute approximate surface area is 163 Å². The molecule has 0 aromatic heterocycles. The quantitative estimate of drug-likeness (QED) is 0.340. The number of hydrogen-bond acceptors (Lipinski definition) is 7. The number of nitrogens with zero attached hydrogens (tertiary/aromatic N) is 1. The van der Waals surface area contributed by atoms with Gasteiger partial charge in [0.2, 0.25) is 5.91 Å². The van der Waals surface area contributed by atoms with Crippen LogP contribution in [0, 0.1) is 28.6 Å². The van der Waals surface area contributed by atoms with Crippen molar-refractivity contribution >= 4 is 13.7 Å². The van der Waals surface area contributed by atoms with Gasteiger partial charge in [-0.25, -0.2) is 4.57 Å². The number of aliphatic hydroxyl groups is 2. The minimum Gasteiger partial charge on any atom is -0.387 e. The number of amides is 1. The van der Waals surface area contributed by atoms with Gasteiger partial charge in [-0.1, -0.05) is 13.8 Å². The molecule has 2 aliphatic carbocycles. The highest BCUT2D eigenvalue weighted by Gasteiger charge is 2.85. The SMILES string of the molecule is CC[C@@]12CN(C3O[C@H](COP(=O)(O)O)[C@@H](O)[C@H]3O)CC(C(N)=O)[C@H]3[C@H](C)C31C2. The third-order valence-corrected chi connectivity index (χ3v) is 8.33. The van der Waals surface area contributed by atoms with Gasteiger partial charge in [0.1, 0.15) is 24.5 Å². The van der Waals surface area contributed by atoms with Gasteiger partial charge in [-0.05, 0) is 35.5 Å². The van der Waals surface area contributed by atoms with Crippen molar-refractivity contribution < 1.29 is 38.6 Å². The van der Waals surface area contributed by atoms with Crippen molar-refractivity contribution in [1.82, 2.24) is 4.90 Å². The first-order valence-electron chi connectivity index (χ1n) is 9.72. The van der Waals surface area contributed by atoms with E-state index in [1.165, 1.54) is 0 Å². The molecule has 4 aliphatic rings. The molecule has 3 unspecified atom stereocenters. The van der Waals surface area contributed by atoms with E-state index in [1.807, 2.05) is 4.90 Å². The number of rotatable bonds is 6. The number of primary amides is 1. The number of hydrogen-bond donors (Lipinski definition) is 5. The van der Waals surface area contributed by atoms with E-state index in [2.05, 4.69) is 18.4 Å². The summed E-state index contributed by atoms with van der Waals surface area (Å²) in [6.45, 7) is 4.70. The third-order valence-electron chi connectivity index (χ3n) is 7.85. The van der Waals surface area contributed by atoms with Crippen LogP contribution in [0.15, 0.2) is 0 Å². The molecule has 0 radical (unpaired) electrons. The first kappa shape index (κ1) is 20.7. The molecule has 2 heterocycles. The number of phosphoric acid groups is 1. The van der Waals surface area contributed by atoms with Gasteiger partial charge in [0.25, 0.3) is 0 Å². The molecule has 2 saturated carbocycles. The number of carbonyl (C=O) groups excluding carboxylic acids is 1. The van der Waals surface area contributed by atoms with Crippen molar-refractivity contribution in [2.24, 2.45) is 34.3 Å². The van der Waals surface area contributed by atoms with Gasteiger partial charge in [-0.3, -0.25) is 14.2 Å². The lowest BCUT2D eigenvalue weighted by Gasteiger charge is -2.34.